The van der Waals surface area contributed by atoms with E-state index in [-0.39, 0.29) is 29.9 Å². The largest absolute Gasteiger partial charge is 0.466 e. The average molecular weight is 375 g/mol. The van der Waals surface area contributed by atoms with Gasteiger partial charge in [0.2, 0.25) is 5.91 Å². The molecule has 5 nitrogen and oxygen atoms in total. The maximum absolute atomic E-state index is 12.3. The molecule has 7 atom stereocenters. The summed E-state index contributed by atoms with van der Waals surface area (Å²) in [5.41, 5.74) is 0. The van der Waals surface area contributed by atoms with Gasteiger partial charge in [0.15, 0.2) is 0 Å². The molecule has 1 amide bonds. The highest BCUT2D eigenvalue weighted by atomic mass is 16.5. The van der Waals surface area contributed by atoms with Gasteiger partial charge in [0.1, 0.15) is 0 Å². The smallest absolute Gasteiger partial charge is 0.308 e. The van der Waals surface area contributed by atoms with Gasteiger partial charge in [-0.05, 0) is 56.3 Å². The summed E-state index contributed by atoms with van der Waals surface area (Å²) in [7, 11) is 0. The Balaban J connectivity index is 0.000000166. The van der Waals surface area contributed by atoms with Crippen molar-refractivity contribution in [2.24, 2.45) is 35.5 Å². The molecular weight excluding hydrogens is 340 g/mol. The lowest BCUT2D eigenvalue weighted by Crippen LogP contribution is -2.41. The van der Waals surface area contributed by atoms with Crippen LogP contribution in [-0.4, -0.2) is 35.6 Å². The van der Waals surface area contributed by atoms with Crippen LogP contribution in [0, 0.1) is 42.1 Å². The van der Waals surface area contributed by atoms with Crippen LogP contribution >= 0.6 is 0 Å². The summed E-state index contributed by atoms with van der Waals surface area (Å²) < 4.78 is 4.96. The van der Waals surface area contributed by atoms with Crippen molar-refractivity contribution >= 4 is 11.9 Å². The zero-order chi connectivity index (χ0) is 19.7. The minimum absolute atomic E-state index is 0.0414. The third kappa shape index (κ3) is 4.31. The number of carbonyl (C=O) groups excluding carboxylic acids is 2. The molecule has 0 bridgehead atoms. The van der Waals surface area contributed by atoms with Crippen molar-refractivity contribution in [3.8, 4) is 0 Å². The third-order valence-electron chi connectivity index (χ3n) is 7.23. The lowest BCUT2D eigenvalue weighted by Gasteiger charge is -2.25. The van der Waals surface area contributed by atoms with Crippen LogP contribution in [0.4, 0.5) is 0 Å². The van der Waals surface area contributed by atoms with Gasteiger partial charge in [-0.2, -0.15) is 0 Å². The molecule has 27 heavy (non-hydrogen) atoms. The molecule has 0 N–H and O–H groups in total. The fourth-order valence-electron chi connectivity index (χ4n) is 4.86. The van der Waals surface area contributed by atoms with E-state index < -0.39 is 0 Å². The Morgan fingerprint density at radius 3 is 2.30 bits per heavy atom. The maximum atomic E-state index is 12.3. The van der Waals surface area contributed by atoms with Gasteiger partial charge in [-0.25, -0.2) is 6.57 Å². The van der Waals surface area contributed by atoms with E-state index in [2.05, 4.69) is 18.7 Å². The molecular formula is C22H34N2O3. The molecule has 4 aliphatic rings. The fourth-order valence-corrected chi connectivity index (χ4v) is 4.86. The van der Waals surface area contributed by atoms with E-state index in [1.165, 1.54) is 6.42 Å². The van der Waals surface area contributed by atoms with E-state index in [1.807, 2.05) is 18.7 Å². The molecule has 150 valence electrons. The Labute approximate surface area is 163 Å². The van der Waals surface area contributed by atoms with Crippen molar-refractivity contribution in [2.75, 3.05) is 6.61 Å². The van der Waals surface area contributed by atoms with E-state index in [9.17, 15) is 9.59 Å². The highest BCUT2D eigenvalue weighted by molar-refractivity contribution is 5.80. The molecule has 3 saturated carbocycles. The molecule has 1 aliphatic heterocycles. The van der Waals surface area contributed by atoms with Crippen LogP contribution in [0.3, 0.4) is 0 Å². The van der Waals surface area contributed by atoms with Crippen LogP contribution in [0.1, 0.15) is 66.2 Å². The lowest BCUT2D eigenvalue weighted by atomic mass is 9.92. The predicted molar refractivity (Wildman–Crippen MR) is 103 cm³/mol. The molecule has 1 saturated heterocycles. The van der Waals surface area contributed by atoms with Crippen molar-refractivity contribution in [3.05, 3.63) is 11.4 Å². The summed E-state index contributed by atoms with van der Waals surface area (Å²) in [6.07, 6.45) is 6.47. The van der Waals surface area contributed by atoms with E-state index in [4.69, 9.17) is 11.3 Å². The van der Waals surface area contributed by atoms with Gasteiger partial charge < -0.3 is 4.74 Å². The highest BCUT2D eigenvalue weighted by Gasteiger charge is 2.57. The number of amides is 1. The topological polar surface area (TPSA) is 51.0 Å². The van der Waals surface area contributed by atoms with Crippen molar-refractivity contribution < 1.29 is 14.3 Å². The van der Waals surface area contributed by atoms with Gasteiger partial charge in [0, 0.05) is 18.4 Å². The van der Waals surface area contributed by atoms with Gasteiger partial charge in [-0.15, -0.1) is 0 Å². The van der Waals surface area contributed by atoms with Gasteiger partial charge >= 0.3 is 12.1 Å². The molecule has 3 aliphatic carbocycles. The molecule has 4 fully saturated rings. The van der Waals surface area contributed by atoms with E-state index in [0.717, 1.165) is 43.9 Å². The van der Waals surface area contributed by atoms with Crippen LogP contribution in [0.25, 0.3) is 4.85 Å². The first-order chi connectivity index (χ1) is 12.9. The van der Waals surface area contributed by atoms with Crippen molar-refractivity contribution in [1.82, 2.24) is 4.90 Å². The lowest BCUT2D eigenvalue weighted by molar-refractivity contribution is -0.148. The molecule has 1 heterocycles. The minimum Gasteiger partial charge on any atom is -0.466 e. The normalized spacial score (nSPS) is 37.1. The number of nitrogens with zero attached hydrogens (tertiary/aromatic N) is 2. The summed E-state index contributed by atoms with van der Waals surface area (Å²) in [4.78, 5) is 29.0. The van der Waals surface area contributed by atoms with Gasteiger partial charge in [-0.1, -0.05) is 27.2 Å². The molecule has 0 aromatic heterocycles. The molecule has 0 spiro atoms. The number of rotatable bonds is 5. The first kappa shape index (κ1) is 20.2. The number of hydrogen-bond donors (Lipinski definition) is 0. The SMILES string of the molecule is CCOC(=O)C1CC2CC2C1.[C-]#[N+][C@@H]1CC2CC2N1C(=O)[C@@H](C)C(C)CC. The number of carbonyl (C=O) groups is 2. The number of likely N-dealkylation sites (tertiary alicyclic amines) is 1. The summed E-state index contributed by atoms with van der Waals surface area (Å²) >= 11 is 0. The quantitative estimate of drug-likeness (QED) is 0.537. The number of ether oxygens (including phenoxy) is 1. The fraction of sp³-hybridized carbons (Fsp3) is 0.864. The molecule has 0 radical (unpaired) electrons. The standard InChI is InChI=1S/C13H20N2O.C9H14O2/c1-5-8(2)9(3)13(16)15-11-6-10(11)7-12(15)14-4;1-2-11-9(10)8-4-6-3-7(6)5-8/h8-12H,5-7H2,1-3H3;6-8H,2-5H2,1H3/t8?,9-,10?,11?,12-;/m0./s1. The Bertz CT molecular complexity index is 603. The summed E-state index contributed by atoms with van der Waals surface area (Å²) in [6.45, 7) is 15.8. The van der Waals surface area contributed by atoms with E-state index in [0.29, 0.717) is 24.5 Å². The first-order valence-electron chi connectivity index (χ1n) is 10.8. The number of esters is 1. The third-order valence-corrected chi connectivity index (χ3v) is 7.23. The van der Waals surface area contributed by atoms with E-state index in [1.54, 1.807) is 0 Å². The van der Waals surface area contributed by atoms with E-state index >= 15 is 0 Å². The molecule has 5 unspecified atom stereocenters. The minimum atomic E-state index is -0.164. The van der Waals surface area contributed by atoms with Crippen LogP contribution in [-0.2, 0) is 14.3 Å². The second-order valence-electron chi connectivity index (χ2n) is 9.00. The number of hydrogen-bond acceptors (Lipinski definition) is 3. The van der Waals surface area contributed by atoms with Crippen molar-refractivity contribution in [3.63, 3.8) is 0 Å². The zero-order valence-electron chi connectivity index (χ0n) is 17.2. The number of fused-ring (bicyclic) bond motifs is 2. The highest BCUT2D eigenvalue weighted by Crippen LogP contribution is 2.54. The van der Waals surface area contributed by atoms with Gasteiger partial charge in [0.25, 0.3) is 0 Å². The Morgan fingerprint density at radius 1 is 1.07 bits per heavy atom. The predicted octanol–water partition coefficient (Wildman–Crippen LogP) is 4.13. The van der Waals surface area contributed by atoms with Gasteiger partial charge in [-0.3, -0.25) is 19.3 Å². The molecule has 0 aromatic carbocycles. The first-order valence-corrected chi connectivity index (χ1v) is 10.8. The second kappa shape index (κ2) is 8.20. The van der Waals surface area contributed by atoms with Crippen LogP contribution in [0.5, 0.6) is 0 Å². The molecule has 5 heteroatoms. The number of piperidine rings is 1. The Kier molecular flexibility index (Phi) is 6.13. The van der Waals surface area contributed by atoms with Crippen LogP contribution in [0.2, 0.25) is 0 Å². The van der Waals surface area contributed by atoms with Crippen LogP contribution in [0.15, 0.2) is 0 Å². The monoisotopic (exact) mass is 374 g/mol. The Morgan fingerprint density at radius 2 is 1.74 bits per heavy atom. The second-order valence-corrected chi connectivity index (χ2v) is 9.00. The summed E-state index contributed by atoms with van der Waals surface area (Å²) in [6, 6.07) is 0.401. The summed E-state index contributed by atoms with van der Waals surface area (Å²) in [5, 5.41) is 0. The Hall–Kier alpha value is -1.57. The zero-order valence-corrected chi connectivity index (χ0v) is 17.2. The van der Waals surface area contributed by atoms with Crippen molar-refractivity contribution in [1.29, 1.82) is 0 Å². The molecule has 0 aromatic rings. The van der Waals surface area contributed by atoms with Crippen LogP contribution < -0.4 is 0 Å². The maximum Gasteiger partial charge on any atom is 0.308 e. The summed E-state index contributed by atoms with van der Waals surface area (Å²) in [5.74, 6) is 3.37. The van der Waals surface area contributed by atoms with Crippen molar-refractivity contribution in [2.45, 2.75) is 78.4 Å². The van der Waals surface area contributed by atoms with Gasteiger partial charge in [0.05, 0.1) is 12.5 Å². The molecule has 4 rings (SSSR count). The average Bonchev–Trinajstić information content (AvgIpc) is 3.54.